The number of alkyl carbamates (subject to hydrolysis) is 1. The molecule has 3 N–H and O–H groups in total. The number of benzene rings is 1. The normalized spacial score (nSPS) is 14.0. The van der Waals surface area contributed by atoms with Gasteiger partial charge in [-0.1, -0.05) is 0 Å². The van der Waals surface area contributed by atoms with E-state index in [1.807, 2.05) is 0 Å². The van der Waals surface area contributed by atoms with Crippen LogP contribution in [0.15, 0.2) is 18.2 Å². The van der Waals surface area contributed by atoms with Gasteiger partial charge in [0, 0.05) is 19.2 Å². The second-order valence-corrected chi connectivity index (χ2v) is 8.98. The minimum Gasteiger partial charge on any atom is -0.465 e. The summed E-state index contributed by atoms with van der Waals surface area (Å²) >= 11 is 0. The summed E-state index contributed by atoms with van der Waals surface area (Å²) in [5, 5.41) is 13.5. The van der Waals surface area contributed by atoms with Gasteiger partial charge in [0.25, 0.3) is 0 Å². The number of carbonyl (C=O) groups is 4. The Morgan fingerprint density at radius 1 is 1.15 bits per heavy atom. The Bertz CT molecular complexity index is 912. The molecule has 0 saturated heterocycles. The summed E-state index contributed by atoms with van der Waals surface area (Å²) in [6, 6.07) is 3.06. The van der Waals surface area contributed by atoms with E-state index in [2.05, 4.69) is 10.6 Å². The monoisotopic (exact) mass is 479 g/mol. The van der Waals surface area contributed by atoms with Crippen LogP contribution in [-0.2, 0) is 9.53 Å². The maximum absolute atomic E-state index is 13.2. The van der Waals surface area contributed by atoms with Crippen molar-refractivity contribution in [1.82, 2.24) is 15.5 Å². The van der Waals surface area contributed by atoms with Crippen LogP contribution in [0.1, 0.15) is 57.3 Å². The zero-order chi connectivity index (χ0) is 25.5. The second-order valence-electron chi connectivity index (χ2n) is 8.98. The lowest BCUT2D eigenvalue weighted by Crippen LogP contribution is -2.52. The van der Waals surface area contributed by atoms with Crippen molar-refractivity contribution >= 4 is 23.9 Å². The molecule has 1 heterocycles. The molecular weight excluding hydrogens is 446 g/mol. The van der Waals surface area contributed by atoms with Gasteiger partial charge < -0.3 is 34.9 Å². The number of rotatable bonds is 10. The molecular formula is C23H33N3O8. The number of ether oxygens (including phenoxy) is 3. The minimum atomic E-state index is -1.13. The van der Waals surface area contributed by atoms with Gasteiger partial charge in [-0.2, -0.15) is 0 Å². The summed E-state index contributed by atoms with van der Waals surface area (Å²) < 4.78 is 15.9. The van der Waals surface area contributed by atoms with Crippen molar-refractivity contribution in [1.29, 1.82) is 0 Å². The van der Waals surface area contributed by atoms with Crippen molar-refractivity contribution in [3.8, 4) is 11.5 Å². The van der Waals surface area contributed by atoms with Crippen LogP contribution in [0.5, 0.6) is 11.5 Å². The zero-order valence-electron chi connectivity index (χ0n) is 20.2. The van der Waals surface area contributed by atoms with Crippen molar-refractivity contribution in [2.45, 2.75) is 64.6 Å². The molecule has 0 bridgehead atoms. The maximum Gasteiger partial charge on any atom is 0.408 e. The summed E-state index contributed by atoms with van der Waals surface area (Å²) in [7, 11) is 1.49. The van der Waals surface area contributed by atoms with Gasteiger partial charge >= 0.3 is 12.2 Å². The summed E-state index contributed by atoms with van der Waals surface area (Å²) in [5.41, 5.74) is -0.384. The van der Waals surface area contributed by atoms with Gasteiger partial charge in [0.05, 0.1) is 6.04 Å². The molecule has 1 aromatic carbocycles. The number of ketones is 1. The molecule has 1 aliphatic heterocycles. The third kappa shape index (κ3) is 7.82. The SMILES string of the molecule is CC(C(=O)c1ccc2c(c1)OCO2)N(C)C(=O)C(CCCCNC(=O)O)NC(=O)OC(C)(C)C. The smallest absolute Gasteiger partial charge is 0.408 e. The second kappa shape index (κ2) is 11.6. The molecule has 0 fully saturated rings. The van der Waals surface area contributed by atoms with Crippen LogP contribution in [0.3, 0.4) is 0 Å². The number of hydrogen-bond acceptors (Lipinski definition) is 7. The van der Waals surface area contributed by atoms with E-state index in [1.165, 1.54) is 11.9 Å². The number of fused-ring (bicyclic) bond motifs is 1. The van der Waals surface area contributed by atoms with E-state index in [1.54, 1.807) is 45.9 Å². The van der Waals surface area contributed by atoms with Gasteiger partial charge in [0.15, 0.2) is 17.3 Å². The van der Waals surface area contributed by atoms with Gasteiger partial charge in [-0.25, -0.2) is 9.59 Å². The standard InChI is InChI=1S/C23H33N3O8/c1-14(19(27)15-9-10-17-18(12-15)33-13-32-17)26(5)20(28)16(8-6-7-11-24-21(29)30)25-22(31)34-23(2,3)4/h9-10,12,14,16,24H,6-8,11,13H2,1-5H3,(H,25,31)(H,29,30). The van der Waals surface area contributed by atoms with Crippen molar-refractivity contribution in [3.05, 3.63) is 23.8 Å². The third-order valence-electron chi connectivity index (χ3n) is 5.15. The highest BCUT2D eigenvalue weighted by molar-refractivity contribution is 6.02. The average Bonchev–Trinajstić information content (AvgIpc) is 3.22. The maximum atomic E-state index is 13.2. The van der Waals surface area contributed by atoms with Crippen LogP contribution in [-0.4, -0.2) is 72.0 Å². The summed E-state index contributed by atoms with van der Waals surface area (Å²) in [6.07, 6.45) is -0.700. The van der Waals surface area contributed by atoms with Gasteiger partial charge in [0.1, 0.15) is 11.6 Å². The van der Waals surface area contributed by atoms with Crippen LogP contribution < -0.4 is 20.1 Å². The summed E-state index contributed by atoms with van der Waals surface area (Å²) in [5.74, 6) is 0.258. The van der Waals surface area contributed by atoms with Crippen LogP contribution in [0.2, 0.25) is 0 Å². The Kier molecular flexibility index (Phi) is 9.11. The highest BCUT2D eigenvalue weighted by Crippen LogP contribution is 2.33. The van der Waals surface area contributed by atoms with Gasteiger partial charge in [-0.05, 0) is 65.2 Å². The fourth-order valence-corrected chi connectivity index (χ4v) is 3.28. The fraction of sp³-hybridized carbons (Fsp3) is 0.565. The predicted molar refractivity (Wildman–Crippen MR) is 122 cm³/mol. The van der Waals surface area contributed by atoms with Crippen molar-refractivity contribution in [3.63, 3.8) is 0 Å². The van der Waals surface area contributed by atoms with Crippen LogP contribution >= 0.6 is 0 Å². The van der Waals surface area contributed by atoms with Crippen LogP contribution in [0.4, 0.5) is 9.59 Å². The highest BCUT2D eigenvalue weighted by Gasteiger charge is 2.31. The van der Waals surface area contributed by atoms with Crippen LogP contribution in [0, 0.1) is 0 Å². The van der Waals surface area contributed by atoms with Gasteiger partial charge in [-0.15, -0.1) is 0 Å². The minimum absolute atomic E-state index is 0.0842. The molecule has 0 aliphatic carbocycles. The van der Waals surface area contributed by atoms with Crippen LogP contribution in [0.25, 0.3) is 0 Å². The number of unbranched alkanes of at least 4 members (excludes halogenated alkanes) is 1. The van der Waals surface area contributed by atoms with E-state index in [0.29, 0.717) is 29.9 Å². The molecule has 3 amide bonds. The Labute approximate surface area is 198 Å². The molecule has 188 valence electrons. The van der Waals surface area contributed by atoms with Crippen molar-refractivity contribution in [2.24, 2.45) is 0 Å². The molecule has 1 aliphatic rings. The Balaban J connectivity index is 2.07. The first-order valence-electron chi connectivity index (χ1n) is 11.1. The Morgan fingerprint density at radius 2 is 1.82 bits per heavy atom. The molecule has 1 aromatic rings. The third-order valence-corrected chi connectivity index (χ3v) is 5.15. The number of hydrogen-bond donors (Lipinski definition) is 3. The fourth-order valence-electron chi connectivity index (χ4n) is 3.28. The predicted octanol–water partition coefficient (Wildman–Crippen LogP) is 2.78. The number of amides is 3. The summed E-state index contributed by atoms with van der Waals surface area (Å²) in [4.78, 5) is 50.5. The van der Waals surface area contributed by atoms with Gasteiger partial charge in [-0.3, -0.25) is 9.59 Å². The molecule has 0 aromatic heterocycles. The first-order chi connectivity index (χ1) is 15.9. The largest absolute Gasteiger partial charge is 0.465 e. The van der Waals surface area contributed by atoms with E-state index >= 15 is 0 Å². The molecule has 34 heavy (non-hydrogen) atoms. The number of nitrogens with one attached hydrogen (secondary N) is 2. The first kappa shape index (κ1) is 26.7. The molecule has 0 spiro atoms. The Hall–Kier alpha value is -3.50. The van der Waals surface area contributed by atoms with E-state index in [0.717, 1.165) is 0 Å². The number of Topliss-reactive ketones (excluding diaryl/α,β-unsaturated/α-hetero) is 1. The lowest BCUT2D eigenvalue weighted by molar-refractivity contribution is -0.133. The first-order valence-corrected chi connectivity index (χ1v) is 11.1. The van der Waals surface area contributed by atoms with Crippen molar-refractivity contribution < 1.29 is 38.5 Å². The van der Waals surface area contributed by atoms with E-state index in [4.69, 9.17) is 19.3 Å². The van der Waals surface area contributed by atoms with E-state index < -0.39 is 35.8 Å². The molecule has 0 saturated carbocycles. The highest BCUT2D eigenvalue weighted by atomic mass is 16.7. The number of nitrogens with zero attached hydrogens (tertiary/aromatic N) is 1. The number of likely N-dealkylation sites (N-methyl/N-ethyl adjacent to an activating group) is 1. The topological polar surface area (TPSA) is 144 Å². The molecule has 2 unspecified atom stereocenters. The number of carbonyl (C=O) groups excluding carboxylic acids is 3. The lowest BCUT2D eigenvalue weighted by atomic mass is 10.0. The molecule has 11 nitrogen and oxygen atoms in total. The molecule has 2 atom stereocenters. The average molecular weight is 480 g/mol. The summed E-state index contributed by atoms with van der Waals surface area (Å²) in [6.45, 7) is 7.03. The molecule has 2 rings (SSSR count). The quantitative estimate of drug-likeness (QED) is 0.343. The molecule has 0 radical (unpaired) electrons. The van der Waals surface area contributed by atoms with E-state index in [-0.39, 0.29) is 25.5 Å². The lowest BCUT2D eigenvalue weighted by Gasteiger charge is -2.29. The van der Waals surface area contributed by atoms with Gasteiger partial charge in [0.2, 0.25) is 12.7 Å². The zero-order valence-corrected chi connectivity index (χ0v) is 20.2. The molecule has 11 heteroatoms. The Morgan fingerprint density at radius 3 is 2.47 bits per heavy atom. The number of carboxylic acid groups (broad SMARTS) is 1. The van der Waals surface area contributed by atoms with Crippen molar-refractivity contribution in [2.75, 3.05) is 20.4 Å². The van der Waals surface area contributed by atoms with E-state index in [9.17, 15) is 19.2 Å².